The van der Waals surface area contributed by atoms with Crippen molar-refractivity contribution >= 4 is 5.69 Å². The molecule has 1 spiro atoms. The molecule has 1 aromatic carbocycles. The molecule has 1 heterocycles. The van der Waals surface area contributed by atoms with Crippen molar-refractivity contribution in [3.05, 3.63) is 29.8 Å². The highest BCUT2D eigenvalue weighted by molar-refractivity contribution is 5.60. The second kappa shape index (κ2) is 4.02. The number of para-hydroxylation sites is 1. The molecular weight excluding hydrogens is 208 g/mol. The van der Waals surface area contributed by atoms with Gasteiger partial charge in [-0.25, -0.2) is 0 Å². The molecule has 0 amide bonds. The van der Waals surface area contributed by atoms with Crippen molar-refractivity contribution in [3.8, 4) is 0 Å². The van der Waals surface area contributed by atoms with Crippen LogP contribution in [0.5, 0.6) is 0 Å². The number of nitrogens with zero attached hydrogens (tertiary/aromatic N) is 1. The Morgan fingerprint density at radius 2 is 2.06 bits per heavy atom. The van der Waals surface area contributed by atoms with E-state index in [1.54, 1.807) is 5.56 Å². The van der Waals surface area contributed by atoms with Crippen molar-refractivity contribution in [1.29, 1.82) is 0 Å². The van der Waals surface area contributed by atoms with Crippen LogP contribution < -0.4 is 10.6 Å². The maximum absolute atomic E-state index is 5.83. The van der Waals surface area contributed by atoms with Gasteiger partial charge in [0.1, 0.15) is 0 Å². The van der Waals surface area contributed by atoms with Crippen molar-refractivity contribution in [2.45, 2.75) is 44.1 Å². The molecule has 0 unspecified atom stereocenters. The topological polar surface area (TPSA) is 29.3 Å². The molecule has 1 saturated carbocycles. The van der Waals surface area contributed by atoms with E-state index in [-0.39, 0.29) is 0 Å². The van der Waals surface area contributed by atoms with E-state index in [1.165, 1.54) is 37.9 Å². The van der Waals surface area contributed by atoms with Gasteiger partial charge in [-0.3, -0.25) is 0 Å². The Morgan fingerprint density at radius 1 is 1.29 bits per heavy atom. The maximum Gasteiger partial charge on any atom is 0.0407 e. The largest absolute Gasteiger partial charge is 0.367 e. The zero-order valence-electron chi connectivity index (χ0n) is 10.7. The molecule has 2 nitrogen and oxygen atoms in total. The van der Waals surface area contributed by atoms with Crippen molar-refractivity contribution in [1.82, 2.24) is 0 Å². The van der Waals surface area contributed by atoms with Crippen LogP contribution in [0.25, 0.3) is 0 Å². The molecule has 3 rings (SSSR count). The smallest absolute Gasteiger partial charge is 0.0407 e. The average molecular weight is 230 g/mol. The molecule has 1 aliphatic heterocycles. The molecule has 2 N–H and O–H groups in total. The predicted molar refractivity (Wildman–Crippen MR) is 72.5 cm³/mol. The highest BCUT2D eigenvalue weighted by Crippen LogP contribution is 2.52. The lowest BCUT2D eigenvalue weighted by Gasteiger charge is -2.51. The fourth-order valence-electron chi connectivity index (χ4n) is 3.47. The number of hydrogen-bond donors (Lipinski definition) is 1. The number of rotatable bonds is 2. The summed E-state index contributed by atoms with van der Waals surface area (Å²) in [6, 6.07) is 9.42. The highest BCUT2D eigenvalue weighted by atomic mass is 15.2. The second-order valence-corrected chi connectivity index (χ2v) is 5.68. The van der Waals surface area contributed by atoms with Gasteiger partial charge >= 0.3 is 0 Å². The Labute approximate surface area is 104 Å². The van der Waals surface area contributed by atoms with Gasteiger partial charge < -0.3 is 10.6 Å². The molecular formula is C15H22N2. The first-order chi connectivity index (χ1) is 8.27. The molecule has 1 fully saturated rings. The van der Waals surface area contributed by atoms with Crippen LogP contribution in [0, 0.1) is 0 Å². The number of nitrogens with two attached hydrogens (primary N) is 1. The number of fused-ring (bicyclic) bond motifs is 2. The Bertz CT molecular complexity index is 409. The molecule has 17 heavy (non-hydrogen) atoms. The van der Waals surface area contributed by atoms with E-state index in [4.69, 9.17) is 5.73 Å². The zero-order chi connectivity index (χ0) is 11.9. The van der Waals surface area contributed by atoms with Gasteiger partial charge in [-0.1, -0.05) is 24.6 Å². The van der Waals surface area contributed by atoms with Crippen molar-refractivity contribution in [3.63, 3.8) is 0 Å². The van der Waals surface area contributed by atoms with E-state index in [9.17, 15) is 0 Å². The summed E-state index contributed by atoms with van der Waals surface area (Å²) in [6.45, 7) is 4.15. The highest BCUT2D eigenvalue weighted by Gasteiger charge is 2.43. The van der Waals surface area contributed by atoms with Crippen LogP contribution in [-0.4, -0.2) is 19.1 Å². The quantitative estimate of drug-likeness (QED) is 0.846. The van der Waals surface area contributed by atoms with Gasteiger partial charge in [0.05, 0.1) is 0 Å². The molecule has 1 aromatic rings. The third-order valence-corrected chi connectivity index (χ3v) is 4.80. The van der Waals surface area contributed by atoms with Gasteiger partial charge in [0.15, 0.2) is 0 Å². The van der Waals surface area contributed by atoms with Crippen molar-refractivity contribution < 1.29 is 0 Å². The molecule has 1 atom stereocenters. The molecule has 2 aliphatic rings. The van der Waals surface area contributed by atoms with E-state index in [2.05, 4.69) is 36.1 Å². The van der Waals surface area contributed by atoms with Gasteiger partial charge in [-0.2, -0.15) is 0 Å². The minimum absolute atomic E-state index is 0.452. The Morgan fingerprint density at radius 3 is 2.71 bits per heavy atom. The average Bonchev–Trinajstić information content (AvgIpc) is 2.34. The maximum atomic E-state index is 5.83. The zero-order valence-corrected chi connectivity index (χ0v) is 10.7. The molecule has 1 aliphatic carbocycles. The van der Waals surface area contributed by atoms with Crippen LogP contribution in [0.2, 0.25) is 0 Å². The van der Waals surface area contributed by atoms with E-state index >= 15 is 0 Å². The summed E-state index contributed by atoms with van der Waals surface area (Å²) >= 11 is 0. The fourth-order valence-corrected chi connectivity index (χ4v) is 3.47. The number of benzene rings is 1. The summed E-state index contributed by atoms with van der Waals surface area (Å²) < 4.78 is 0. The summed E-state index contributed by atoms with van der Waals surface area (Å²) in [4.78, 5) is 2.50. The van der Waals surface area contributed by atoms with Crippen LogP contribution in [0.3, 0.4) is 0 Å². The second-order valence-electron chi connectivity index (χ2n) is 5.68. The van der Waals surface area contributed by atoms with Crippen LogP contribution in [0.4, 0.5) is 5.69 Å². The third-order valence-electron chi connectivity index (χ3n) is 4.80. The minimum Gasteiger partial charge on any atom is -0.367 e. The van der Waals surface area contributed by atoms with Crippen molar-refractivity contribution in [2.75, 3.05) is 18.0 Å². The molecule has 0 bridgehead atoms. The standard InChI is InChI=1S/C15H22N2/c1-12(11-16)17-10-9-15(7-4-8-15)13-5-2-3-6-14(13)17/h2-3,5-6,12H,4,7-11,16H2,1H3/t12-/m1/s1. The Hall–Kier alpha value is -1.02. The van der Waals surface area contributed by atoms with Gasteiger partial charge in [0.2, 0.25) is 0 Å². The predicted octanol–water partition coefficient (Wildman–Crippen LogP) is 2.67. The van der Waals surface area contributed by atoms with Gasteiger partial charge in [-0.05, 0) is 43.2 Å². The lowest BCUT2D eigenvalue weighted by atomic mass is 9.60. The Balaban J connectivity index is 2.01. The third kappa shape index (κ3) is 1.58. The fraction of sp³-hybridized carbons (Fsp3) is 0.600. The van der Waals surface area contributed by atoms with E-state index < -0.39 is 0 Å². The summed E-state index contributed by atoms with van der Waals surface area (Å²) in [6.07, 6.45) is 5.48. The van der Waals surface area contributed by atoms with Gasteiger partial charge in [0, 0.05) is 24.8 Å². The van der Waals surface area contributed by atoms with Crippen LogP contribution in [0.1, 0.15) is 38.2 Å². The monoisotopic (exact) mass is 230 g/mol. The first kappa shape index (κ1) is 11.1. The summed E-state index contributed by atoms with van der Waals surface area (Å²) in [7, 11) is 0. The summed E-state index contributed by atoms with van der Waals surface area (Å²) in [5.74, 6) is 0. The normalized spacial score (nSPS) is 23.1. The van der Waals surface area contributed by atoms with Crippen molar-refractivity contribution in [2.24, 2.45) is 5.73 Å². The lowest BCUT2D eigenvalue weighted by Crippen LogP contribution is -2.49. The van der Waals surface area contributed by atoms with E-state index in [0.29, 0.717) is 11.5 Å². The van der Waals surface area contributed by atoms with Crippen LogP contribution >= 0.6 is 0 Å². The van der Waals surface area contributed by atoms with Gasteiger partial charge in [-0.15, -0.1) is 0 Å². The summed E-state index contributed by atoms with van der Waals surface area (Å²) in [5.41, 5.74) is 9.37. The van der Waals surface area contributed by atoms with Crippen LogP contribution in [0.15, 0.2) is 24.3 Å². The van der Waals surface area contributed by atoms with E-state index in [0.717, 1.165) is 6.54 Å². The minimum atomic E-state index is 0.452. The molecule has 0 radical (unpaired) electrons. The number of anilines is 1. The first-order valence-electron chi connectivity index (χ1n) is 6.83. The van der Waals surface area contributed by atoms with E-state index in [1.807, 2.05) is 0 Å². The number of hydrogen-bond acceptors (Lipinski definition) is 2. The molecule has 0 aromatic heterocycles. The molecule has 92 valence electrons. The Kier molecular flexibility index (Phi) is 2.62. The SMILES string of the molecule is C[C@H](CN)N1CCC2(CCC2)c2ccccc21. The summed E-state index contributed by atoms with van der Waals surface area (Å²) in [5, 5.41) is 0. The van der Waals surface area contributed by atoms with Gasteiger partial charge in [0.25, 0.3) is 0 Å². The van der Waals surface area contributed by atoms with Crippen LogP contribution in [-0.2, 0) is 5.41 Å². The molecule has 2 heteroatoms. The lowest BCUT2D eigenvalue weighted by molar-refractivity contribution is 0.217. The molecule has 0 saturated heterocycles. The first-order valence-corrected chi connectivity index (χ1v) is 6.83.